The van der Waals surface area contributed by atoms with Crippen LogP contribution in [0.25, 0.3) is 0 Å². The molecule has 0 aromatic carbocycles. The molecular formula is C10H14NO2+. The zero-order valence-electron chi connectivity index (χ0n) is 7.96. The van der Waals surface area contributed by atoms with E-state index in [-0.39, 0.29) is 5.97 Å². The second-order valence-corrected chi connectivity index (χ2v) is 2.86. The molecule has 0 aliphatic carbocycles. The Bertz CT molecular complexity index is 297. The van der Waals surface area contributed by atoms with Crippen molar-refractivity contribution in [3.63, 3.8) is 0 Å². The molecule has 0 aliphatic rings. The highest BCUT2D eigenvalue weighted by atomic mass is 16.5. The average Bonchev–Trinajstić information content (AvgIpc) is 2.04. The summed E-state index contributed by atoms with van der Waals surface area (Å²) in [6.07, 6.45) is 2.17. The maximum atomic E-state index is 11.1. The van der Waals surface area contributed by atoms with Crippen LogP contribution in [0.2, 0.25) is 0 Å². The lowest BCUT2D eigenvalue weighted by atomic mass is 10.2. The van der Waals surface area contributed by atoms with Gasteiger partial charge in [0.25, 0.3) is 0 Å². The molecule has 1 N–H and O–H groups in total. The topological polar surface area (TPSA) is 40.4 Å². The first-order valence-electron chi connectivity index (χ1n) is 4.35. The second-order valence-electron chi connectivity index (χ2n) is 2.86. The van der Waals surface area contributed by atoms with E-state index in [1.165, 1.54) is 0 Å². The third-order valence-electron chi connectivity index (χ3n) is 1.66. The lowest BCUT2D eigenvalue weighted by Crippen LogP contribution is -2.11. The van der Waals surface area contributed by atoms with E-state index in [2.05, 4.69) is 4.98 Å². The van der Waals surface area contributed by atoms with Gasteiger partial charge in [-0.3, -0.25) is 4.79 Å². The highest BCUT2D eigenvalue weighted by Gasteiger charge is 2.05. The number of rotatable bonds is 3. The Labute approximate surface area is 77.8 Å². The van der Waals surface area contributed by atoms with Crippen molar-refractivity contribution in [2.75, 3.05) is 6.61 Å². The molecule has 0 atom stereocenters. The van der Waals surface area contributed by atoms with Crippen molar-refractivity contribution in [3.8, 4) is 0 Å². The van der Waals surface area contributed by atoms with Crippen LogP contribution >= 0.6 is 0 Å². The van der Waals surface area contributed by atoms with Gasteiger partial charge >= 0.3 is 5.97 Å². The summed E-state index contributed by atoms with van der Waals surface area (Å²) in [5.74, 6) is -0.173. The van der Waals surface area contributed by atoms with Crippen molar-refractivity contribution in [2.24, 2.45) is 0 Å². The number of carbonyl (C=O) groups is 1. The van der Waals surface area contributed by atoms with E-state index in [4.69, 9.17) is 4.74 Å². The molecule has 0 unspecified atom stereocenters. The Balaban J connectivity index is 2.58. The van der Waals surface area contributed by atoms with Crippen molar-refractivity contribution in [1.29, 1.82) is 0 Å². The summed E-state index contributed by atoms with van der Waals surface area (Å²) in [5.41, 5.74) is 2.02. The summed E-state index contributed by atoms with van der Waals surface area (Å²) in [7, 11) is 0. The van der Waals surface area contributed by atoms with E-state index < -0.39 is 0 Å². The molecule has 1 rings (SSSR count). The van der Waals surface area contributed by atoms with E-state index in [9.17, 15) is 4.79 Å². The largest absolute Gasteiger partial charge is 0.466 e. The van der Waals surface area contributed by atoms with Gasteiger partial charge in [-0.05, 0) is 12.5 Å². The molecule has 0 radical (unpaired) electrons. The molecule has 3 heteroatoms. The number of hydrogen-bond donors (Lipinski definition) is 0. The number of carbonyl (C=O) groups excluding carboxylic acids is 1. The van der Waals surface area contributed by atoms with Gasteiger partial charge in [0.1, 0.15) is 0 Å². The maximum Gasteiger partial charge on any atom is 0.310 e. The van der Waals surface area contributed by atoms with Crippen LogP contribution in [0.5, 0.6) is 0 Å². The maximum absolute atomic E-state index is 11.1. The molecule has 0 saturated heterocycles. The van der Waals surface area contributed by atoms with Gasteiger partial charge in [0.2, 0.25) is 0 Å². The number of H-pyrrole nitrogens is 1. The van der Waals surface area contributed by atoms with Gasteiger partial charge in [0.15, 0.2) is 11.9 Å². The Morgan fingerprint density at radius 2 is 2.38 bits per heavy atom. The fourth-order valence-electron chi connectivity index (χ4n) is 1.14. The van der Waals surface area contributed by atoms with Crippen LogP contribution in [0.3, 0.4) is 0 Å². The number of esters is 1. The third-order valence-corrected chi connectivity index (χ3v) is 1.66. The molecule has 0 spiro atoms. The molecule has 0 fully saturated rings. The number of hydrogen-bond acceptors (Lipinski definition) is 2. The zero-order chi connectivity index (χ0) is 9.68. The lowest BCUT2D eigenvalue weighted by Gasteiger charge is -2.00. The number of aromatic nitrogens is 1. The SMILES string of the molecule is CCOC(=O)Cc1cc[nH+]c(C)c1. The minimum Gasteiger partial charge on any atom is -0.466 e. The van der Waals surface area contributed by atoms with E-state index in [0.29, 0.717) is 13.0 Å². The number of aromatic amines is 1. The van der Waals surface area contributed by atoms with Gasteiger partial charge < -0.3 is 4.74 Å². The summed E-state index contributed by atoms with van der Waals surface area (Å²) < 4.78 is 4.84. The normalized spacial score (nSPS) is 9.69. The molecule has 0 bridgehead atoms. The van der Waals surface area contributed by atoms with Crippen molar-refractivity contribution in [2.45, 2.75) is 20.3 Å². The molecule has 1 aromatic rings. The van der Waals surface area contributed by atoms with Gasteiger partial charge in [-0.25, -0.2) is 4.98 Å². The summed E-state index contributed by atoms with van der Waals surface area (Å²) in [6, 6.07) is 3.82. The van der Waals surface area contributed by atoms with Gasteiger partial charge in [-0.1, -0.05) is 0 Å². The average molecular weight is 180 g/mol. The molecule has 0 amide bonds. The predicted molar refractivity (Wildman–Crippen MR) is 48.1 cm³/mol. The van der Waals surface area contributed by atoms with Gasteiger partial charge in [0.05, 0.1) is 13.0 Å². The zero-order valence-corrected chi connectivity index (χ0v) is 7.96. The van der Waals surface area contributed by atoms with Gasteiger partial charge in [-0.15, -0.1) is 0 Å². The number of pyridine rings is 1. The molecule has 0 aliphatic heterocycles. The highest BCUT2D eigenvalue weighted by Crippen LogP contribution is 2.00. The first-order chi connectivity index (χ1) is 6.22. The van der Waals surface area contributed by atoms with Crippen LogP contribution in [-0.4, -0.2) is 12.6 Å². The number of nitrogens with one attached hydrogen (secondary N) is 1. The van der Waals surface area contributed by atoms with Crippen molar-refractivity contribution in [1.82, 2.24) is 0 Å². The standard InChI is InChI=1S/C10H13NO2/c1-3-13-10(12)7-9-4-5-11-8(2)6-9/h4-6H,3,7H2,1-2H3/p+1. The number of ether oxygens (including phenoxy) is 1. The fraction of sp³-hybridized carbons (Fsp3) is 0.400. The Kier molecular flexibility index (Phi) is 3.43. The van der Waals surface area contributed by atoms with E-state index in [0.717, 1.165) is 11.3 Å². The first-order valence-corrected chi connectivity index (χ1v) is 4.35. The fourth-order valence-corrected chi connectivity index (χ4v) is 1.14. The molecule has 1 heterocycles. The number of aryl methyl sites for hydroxylation is 1. The lowest BCUT2D eigenvalue weighted by molar-refractivity contribution is -0.387. The van der Waals surface area contributed by atoms with Crippen LogP contribution in [0, 0.1) is 6.92 Å². The Hall–Kier alpha value is -1.38. The van der Waals surface area contributed by atoms with Crippen LogP contribution in [0.15, 0.2) is 18.3 Å². The molecular weight excluding hydrogens is 166 g/mol. The second kappa shape index (κ2) is 4.60. The first kappa shape index (κ1) is 9.71. The molecule has 3 nitrogen and oxygen atoms in total. The molecule has 13 heavy (non-hydrogen) atoms. The van der Waals surface area contributed by atoms with E-state index in [1.807, 2.05) is 32.2 Å². The van der Waals surface area contributed by atoms with Crippen molar-refractivity contribution < 1.29 is 14.5 Å². The predicted octanol–water partition coefficient (Wildman–Crippen LogP) is 0.915. The van der Waals surface area contributed by atoms with Crippen molar-refractivity contribution in [3.05, 3.63) is 29.6 Å². The minimum atomic E-state index is -0.173. The van der Waals surface area contributed by atoms with Crippen LogP contribution in [-0.2, 0) is 16.0 Å². The minimum absolute atomic E-state index is 0.173. The van der Waals surface area contributed by atoms with Gasteiger partial charge in [0, 0.05) is 19.1 Å². The summed E-state index contributed by atoms with van der Waals surface area (Å²) in [4.78, 5) is 14.1. The van der Waals surface area contributed by atoms with Gasteiger partial charge in [-0.2, -0.15) is 0 Å². The monoisotopic (exact) mass is 180 g/mol. The quantitative estimate of drug-likeness (QED) is 0.649. The summed E-state index contributed by atoms with van der Waals surface area (Å²) in [5, 5.41) is 0. The summed E-state index contributed by atoms with van der Waals surface area (Å²) in [6.45, 7) is 4.20. The Morgan fingerprint density at radius 1 is 1.62 bits per heavy atom. The van der Waals surface area contributed by atoms with E-state index in [1.54, 1.807) is 0 Å². The van der Waals surface area contributed by atoms with Crippen LogP contribution in [0.1, 0.15) is 18.2 Å². The summed E-state index contributed by atoms with van der Waals surface area (Å²) >= 11 is 0. The van der Waals surface area contributed by atoms with Crippen LogP contribution < -0.4 is 4.98 Å². The molecule has 70 valence electrons. The van der Waals surface area contributed by atoms with Crippen molar-refractivity contribution >= 4 is 5.97 Å². The van der Waals surface area contributed by atoms with E-state index >= 15 is 0 Å². The highest BCUT2D eigenvalue weighted by molar-refractivity contribution is 5.72. The smallest absolute Gasteiger partial charge is 0.310 e. The molecule has 1 aromatic heterocycles. The Morgan fingerprint density at radius 3 is 3.00 bits per heavy atom. The molecule has 0 saturated carbocycles. The third kappa shape index (κ3) is 3.23. The van der Waals surface area contributed by atoms with Crippen LogP contribution in [0.4, 0.5) is 0 Å².